The summed E-state index contributed by atoms with van der Waals surface area (Å²) < 4.78 is 1.67. The largest absolute Gasteiger partial charge is 0.326 e. The van der Waals surface area contributed by atoms with Gasteiger partial charge < -0.3 is 5.32 Å². The number of hydrogen-bond donors (Lipinski definition) is 1. The highest BCUT2D eigenvalue weighted by atomic mass is 35.5. The van der Waals surface area contributed by atoms with Crippen molar-refractivity contribution in [1.82, 2.24) is 24.8 Å². The summed E-state index contributed by atoms with van der Waals surface area (Å²) in [5.74, 6) is 0.457. The smallest absolute Gasteiger partial charge is 0.228 e. The Bertz CT molecular complexity index is 1400. The molecule has 0 aliphatic rings. The Morgan fingerprint density at radius 2 is 1.78 bits per heavy atom. The van der Waals surface area contributed by atoms with Crippen LogP contribution in [0.3, 0.4) is 0 Å². The fraction of sp³-hybridized carbons (Fsp3) is 0.0417. The molecule has 1 N–H and O–H groups in total. The first kappa shape index (κ1) is 19.8. The summed E-state index contributed by atoms with van der Waals surface area (Å²) >= 11 is 5.91. The second-order valence-electron chi connectivity index (χ2n) is 7.16. The summed E-state index contributed by atoms with van der Waals surface area (Å²) in [7, 11) is 0. The van der Waals surface area contributed by atoms with Gasteiger partial charge in [0.25, 0.3) is 0 Å². The number of amides is 1. The van der Waals surface area contributed by atoms with Gasteiger partial charge in [-0.1, -0.05) is 41.9 Å². The van der Waals surface area contributed by atoms with Crippen molar-refractivity contribution >= 4 is 28.8 Å². The number of carbonyl (C=O) groups excluding carboxylic acids is 1. The van der Waals surface area contributed by atoms with E-state index < -0.39 is 0 Å². The molecule has 0 bridgehead atoms. The molecule has 5 rings (SSSR count). The van der Waals surface area contributed by atoms with Crippen LogP contribution in [-0.4, -0.2) is 30.7 Å². The van der Waals surface area contributed by atoms with Crippen molar-refractivity contribution < 1.29 is 4.79 Å². The third-order valence-electron chi connectivity index (χ3n) is 4.88. The van der Waals surface area contributed by atoms with Crippen LogP contribution in [0.1, 0.15) is 5.56 Å². The van der Waals surface area contributed by atoms with Crippen LogP contribution in [0.15, 0.2) is 85.1 Å². The number of fused-ring (bicyclic) bond motifs is 1. The molecule has 0 saturated heterocycles. The van der Waals surface area contributed by atoms with Crippen LogP contribution in [0.25, 0.3) is 28.4 Å². The molecule has 0 spiro atoms. The molecule has 0 atom stereocenters. The second kappa shape index (κ2) is 8.56. The first-order valence-electron chi connectivity index (χ1n) is 9.94. The molecular weight excluding hydrogens is 424 g/mol. The molecule has 0 saturated carbocycles. The van der Waals surface area contributed by atoms with Gasteiger partial charge in [0.15, 0.2) is 5.65 Å². The van der Waals surface area contributed by atoms with Crippen LogP contribution in [0.2, 0.25) is 5.02 Å². The summed E-state index contributed by atoms with van der Waals surface area (Å²) in [6, 6.07) is 24.1. The van der Waals surface area contributed by atoms with E-state index in [9.17, 15) is 4.79 Å². The maximum absolute atomic E-state index is 12.5. The summed E-state index contributed by atoms with van der Waals surface area (Å²) in [5, 5.41) is 16.7. The van der Waals surface area contributed by atoms with Gasteiger partial charge in [-0.05, 0) is 54.1 Å². The molecule has 3 heterocycles. The summed E-state index contributed by atoms with van der Waals surface area (Å²) in [4.78, 5) is 16.8. The Morgan fingerprint density at radius 1 is 0.906 bits per heavy atom. The number of nitrogens with zero attached hydrogens (tertiary/aromatic N) is 5. The molecule has 3 aromatic heterocycles. The third-order valence-corrected chi connectivity index (χ3v) is 5.13. The lowest BCUT2D eigenvalue weighted by molar-refractivity contribution is -0.115. The summed E-state index contributed by atoms with van der Waals surface area (Å²) in [6.07, 6.45) is 1.97. The lowest BCUT2D eigenvalue weighted by Crippen LogP contribution is -2.14. The van der Waals surface area contributed by atoms with Crippen LogP contribution in [0.5, 0.6) is 0 Å². The SMILES string of the molecule is O=C(Cc1ccc(Cl)cc1)Nc1cccc(-c2ccc3nnc(-c4ccccn4)n3n2)c1. The number of rotatable bonds is 5. The lowest BCUT2D eigenvalue weighted by Gasteiger charge is -2.08. The number of nitrogens with one attached hydrogen (secondary N) is 1. The molecule has 0 unspecified atom stereocenters. The molecule has 5 aromatic rings. The standard InChI is InChI=1S/C24H17ClN6O/c25-18-9-7-16(8-10-18)14-23(32)27-19-5-3-4-17(15-19)20-11-12-22-28-29-24(31(22)30-20)21-6-1-2-13-26-21/h1-13,15H,14H2,(H,27,32). The number of aromatic nitrogens is 5. The minimum atomic E-state index is -0.107. The Labute approximate surface area is 188 Å². The van der Waals surface area contributed by atoms with Crippen LogP contribution < -0.4 is 5.32 Å². The minimum Gasteiger partial charge on any atom is -0.326 e. The minimum absolute atomic E-state index is 0.107. The molecule has 0 aliphatic heterocycles. The van der Waals surface area contributed by atoms with Gasteiger partial charge in [-0.15, -0.1) is 10.2 Å². The zero-order chi connectivity index (χ0) is 21.9. The zero-order valence-electron chi connectivity index (χ0n) is 16.8. The summed E-state index contributed by atoms with van der Waals surface area (Å²) in [5.41, 5.74) is 4.48. The maximum Gasteiger partial charge on any atom is 0.228 e. The van der Waals surface area contributed by atoms with E-state index in [2.05, 4.69) is 20.5 Å². The highest BCUT2D eigenvalue weighted by molar-refractivity contribution is 6.30. The number of carbonyl (C=O) groups is 1. The van der Waals surface area contributed by atoms with Gasteiger partial charge >= 0.3 is 0 Å². The van der Waals surface area contributed by atoms with Gasteiger partial charge in [0.2, 0.25) is 11.7 Å². The number of hydrogen-bond acceptors (Lipinski definition) is 5. The van der Waals surface area contributed by atoms with Crippen molar-refractivity contribution in [1.29, 1.82) is 0 Å². The number of pyridine rings is 1. The quantitative estimate of drug-likeness (QED) is 0.428. The van der Waals surface area contributed by atoms with Crippen LogP contribution >= 0.6 is 11.6 Å². The van der Waals surface area contributed by atoms with Crippen molar-refractivity contribution in [3.8, 4) is 22.8 Å². The number of anilines is 1. The van der Waals surface area contributed by atoms with Gasteiger partial charge in [0.1, 0.15) is 5.69 Å². The average molecular weight is 441 g/mol. The predicted molar refractivity (Wildman–Crippen MR) is 123 cm³/mol. The highest BCUT2D eigenvalue weighted by Gasteiger charge is 2.12. The van der Waals surface area contributed by atoms with Crippen molar-refractivity contribution in [2.45, 2.75) is 6.42 Å². The zero-order valence-corrected chi connectivity index (χ0v) is 17.6. The molecule has 0 fully saturated rings. The van der Waals surface area contributed by atoms with E-state index in [1.54, 1.807) is 22.8 Å². The van der Waals surface area contributed by atoms with E-state index in [1.165, 1.54) is 0 Å². The summed E-state index contributed by atoms with van der Waals surface area (Å²) in [6.45, 7) is 0. The van der Waals surface area contributed by atoms with Crippen molar-refractivity contribution in [3.05, 3.63) is 95.6 Å². The van der Waals surface area contributed by atoms with Crippen molar-refractivity contribution in [3.63, 3.8) is 0 Å². The molecule has 0 aliphatic carbocycles. The predicted octanol–water partition coefficient (Wildman–Crippen LogP) is 4.69. The first-order valence-corrected chi connectivity index (χ1v) is 10.3. The lowest BCUT2D eigenvalue weighted by atomic mass is 10.1. The Kier molecular flexibility index (Phi) is 5.31. The van der Waals surface area contributed by atoms with E-state index >= 15 is 0 Å². The molecule has 32 heavy (non-hydrogen) atoms. The average Bonchev–Trinajstić information content (AvgIpc) is 3.25. The molecular formula is C24H17ClN6O. The fourth-order valence-corrected chi connectivity index (χ4v) is 3.47. The Morgan fingerprint density at radius 3 is 2.59 bits per heavy atom. The third kappa shape index (κ3) is 4.19. The van der Waals surface area contributed by atoms with E-state index in [-0.39, 0.29) is 12.3 Å². The molecule has 0 radical (unpaired) electrons. The molecule has 7 nitrogen and oxygen atoms in total. The highest BCUT2D eigenvalue weighted by Crippen LogP contribution is 2.23. The van der Waals surface area contributed by atoms with Gasteiger partial charge in [-0.3, -0.25) is 9.78 Å². The molecule has 1 amide bonds. The molecule has 8 heteroatoms. The Hall–Kier alpha value is -4.10. The second-order valence-corrected chi connectivity index (χ2v) is 7.60. The van der Waals surface area contributed by atoms with E-state index in [4.69, 9.17) is 16.7 Å². The van der Waals surface area contributed by atoms with Crippen LogP contribution in [0, 0.1) is 0 Å². The van der Waals surface area contributed by atoms with E-state index in [1.807, 2.05) is 66.7 Å². The Balaban J connectivity index is 1.40. The monoisotopic (exact) mass is 440 g/mol. The normalized spacial score (nSPS) is 10.9. The molecule has 156 valence electrons. The topological polar surface area (TPSA) is 85.1 Å². The molecule has 2 aromatic carbocycles. The van der Waals surface area contributed by atoms with E-state index in [0.29, 0.717) is 27.9 Å². The number of benzene rings is 2. The van der Waals surface area contributed by atoms with Crippen LogP contribution in [-0.2, 0) is 11.2 Å². The first-order chi connectivity index (χ1) is 15.7. The van der Waals surface area contributed by atoms with Crippen molar-refractivity contribution in [2.24, 2.45) is 0 Å². The maximum atomic E-state index is 12.5. The fourth-order valence-electron chi connectivity index (χ4n) is 3.35. The van der Waals surface area contributed by atoms with Gasteiger partial charge in [0, 0.05) is 22.5 Å². The van der Waals surface area contributed by atoms with Gasteiger partial charge in [0.05, 0.1) is 12.1 Å². The van der Waals surface area contributed by atoms with Gasteiger partial charge in [-0.25, -0.2) is 0 Å². The van der Waals surface area contributed by atoms with Crippen LogP contribution in [0.4, 0.5) is 5.69 Å². The van der Waals surface area contributed by atoms with Gasteiger partial charge in [-0.2, -0.15) is 9.61 Å². The number of halogens is 1. The van der Waals surface area contributed by atoms with Crippen molar-refractivity contribution in [2.75, 3.05) is 5.32 Å². The van der Waals surface area contributed by atoms with E-state index in [0.717, 1.165) is 16.8 Å².